The van der Waals surface area contributed by atoms with E-state index in [4.69, 9.17) is 0 Å². The van der Waals surface area contributed by atoms with Crippen molar-refractivity contribution in [1.29, 1.82) is 0 Å². The van der Waals surface area contributed by atoms with E-state index in [1.165, 1.54) is 0 Å². The molecule has 3 aromatic rings. The number of aromatic amines is 2. The SMILES string of the molecule is CC(C)c1nc2c([nH]c3cc(F)cc(F)c32)c(=O)[nH]1. The zero-order valence-electron chi connectivity index (χ0n) is 10.3. The van der Waals surface area contributed by atoms with E-state index in [1.807, 2.05) is 13.8 Å². The van der Waals surface area contributed by atoms with Gasteiger partial charge in [-0.1, -0.05) is 13.8 Å². The van der Waals surface area contributed by atoms with Crippen LogP contribution in [0.4, 0.5) is 8.78 Å². The first-order valence-electron chi connectivity index (χ1n) is 5.88. The van der Waals surface area contributed by atoms with Gasteiger partial charge >= 0.3 is 0 Å². The second-order valence-electron chi connectivity index (χ2n) is 4.76. The lowest BCUT2D eigenvalue weighted by atomic mass is 10.2. The van der Waals surface area contributed by atoms with Gasteiger partial charge in [-0.05, 0) is 6.07 Å². The number of rotatable bonds is 1. The largest absolute Gasteiger partial charge is 0.348 e. The fourth-order valence-electron chi connectivity index (χ4n) is 2.11. The molecule has 0 aliphatic heterocycles. The number of halogens is 2. The highest BCUT2D eigenvalue weighted by Crippen LogP contribution is 2.26. The molecule has 0 saturated heterocycles. The van der Waals surface area contributed by atoms with E-state index in [2.05, 4.69) is 15.0 Å². The lowest BCUT2D eigenvalue weighted by Gasteiger charge is -2.03. The summed E-state index contributed by atoms with van der Waals surface area (Å²) in [6, 6.07) is 1.93. The van der Waals surface area contributed by atoms with E-state index in [9.17, 15) is 13.6 Å². The first-order valence-corrected chi connectivity index (χ1v) is 5.88. The van der Waals surface area contributed by atoms with Crippen LogP contribution in [0.1, 0.15) is 25.6 Å². The Bertz CT molecular complexity index is 848. The highest BCUT2D eigenvalue weighted by Gasteiger charge is 2.16. The first kappa shape index (κ1) is 11.8. The predicted molar refractivity (Wildman–Crippen MR) is 68.2 cm³/mol. The Morgan fingerprint density at radius 3 is 2.63 bits per heavy atom. The minimum absolute atomic E-state index is 0.00515. The smallest absolute Gasteiger partial charge is 0.275 e. The molecule has 2 heterocycles. The third-order valence-electron chi connectivity index (χ3n) is 3.04. The highest BCUT2D eigenvalue weighted by molar-refractivity contribution is 6.04. The topological polar surface area (TPSA) is 61.5 Å². The standard InChI is InChI=1S/C13H11F2N3O/c1-5(2)12-17-10-9-7(15)3-6(14)4-8(9)16-11(10)13(19)18-12/h3-5,16H,1-2H3,(H,17,18,19). The van der Waals surface area contributed by atoms with Crippen LogP contribution in [0.3, 0.4) is 0 Å². The zero-order valence-corrected chi connectivity index (χ0v) is 10.3. The fraction of sp³-hybridized carbons (Fsp3) is 0.231. The van der Waals surface area contributed by atoms with E-state index in [-0.39, 0.29) is 33.4 Å². The molecular formula is C13H11F2N3O. The predicted octanol–water partition coefficient (Wildman–Crippen LogP) is 2.81. The fourth-order valence-corrected chi connectivity index (χ4v) is 2.11. The van der Waals surface area contributed by atoms with Gasteiger partial charge < -0.3 is 9.97 Å². The van der Waals surface area contributed by atoms with Gasteiger partial charge in [-0.3, -0.25) is 4.79 Å². The first-order chi connectivity index (χ1) is 8.97. The molecule has 0 unspecified atom stereocenters. The molecule has 0 radical (unpaired) electrons. The average molecular weight is 263 g/mol. The van der Waals surface area contributed by atoms with Crippen molar-refractivity contribution >= 4 is 21.9 Å². The summed E-state index contributed by atoms with van der Waals surface area (Å²) in [6.07, 6.45) is 0. The van der Waals surface area contributed by atoms with Crippen LogP contribution in [0.15, 0.2) is 16.9 Å². The Hall–Kier alpha value is -2.24. The lowest BCUT2D eigenvalue weighted by Crippen LogP contribution is -2.12. The van der Waals surface area contributed by atoms with Gasteiger partial charge in [-0.25, -0.2) is 13.8 Å². The molecule has 0 aliphatic rings. The molecule has 2 N–H and O–H groups in total. The van der Waals surface area contributed by atoms with E-state index in [1.54, 1.807) is 0 Å². The second kappa shape index (κ2) is 3.88. The van der Waals surface area contributed by atoms with Gasteiger partial charge in [0.2, 0.25) is 0 Å². The van der Waals surface area contributed by atoms with Crippen LogP contribution in [0, 0.1) is 11.6 Å². The number of hydrogen-bond donors (Lipinski definition) is 2. The van der Waals surface area contributed by atoms with Crippen LogP contribution in [0.2, 0.25) is 0 Å². The summed E-state index contributed by atoms with van der Waals surface area (Å²) >= 11 is 0. The van der Waals surface area contributed by atoms with Gasteiger partial charge in [0.1, 0.15) is 28.5 Å². The van der Waals surface area contributed by atoms with Gasteiger partial charge in [-0.15, -0.1) is 0 Å². The van der Waals surface area contributed by atoms with E-state index in [0.717, 1.165) is 12.1 Å². The summed E-state index contributed by atoms with van der Waals surface area (Å²) in [5, 5.41) is 0.143. The molecule has 0 fully saturated rings. The van der Waals surface area contributed by atoms with Crippen molar-refractivity contribution in [2.45, 2.75) is 19.8 Å². The summed E-state index contributed by atoms with van der Waals surface area (Å²) in [5.74, 6) is -0.946. The van der Waals surface area contributed by atoms with Crippen molar-refractivity contribution in [1.82, 2.24) is 15.0 Å². The van der Waals surface area contributed by atoms with Gasteiger partial charge in [0.05, 0.1) is 10.9 Å². The Morgan fingerprint density at radius 2 is 1.95 bits per heavy atom. The van der Waals surface area contributed by atoms with E-state index >= 15 is 0 Å². The van der Waals surface area contributed by atoms with Crippen LogP contribution in [-0.2, 0) is 0 Å². The molecule has 1 aromatic carbocycles. The summed E-state index contributed by atoms with van der Waals surface area (Å²) in [7, 11) is 0. The molecular weight excluding hydrogens is 252 g/mol. The number of benzene rings is 1. The number of aromatic nitrogens is 3. The van der Waals surface area contributed by atoms with Crippen molar-refractivity contribution < 1.29 is 8.78 Å². The van der Waals surface area contributed by atoms with Crippen molar-refractivity contribution in [3.05, 3.63) is 39.9 Å². The molecule has 0 atom stereocenters. The minimum Gasteiger partial charge on any atom is -0.348 e. The maximum absolute atomic E-state index is 13.9. The summed E-state index contributed by atoms with van der Waals surface area (Å²) < 4.78 is 27.0. The van der Waals surface area contributed by atoms with Gasteiger partial charge in [0.25, 0.3) is 5.56 Å². The normalized spacial score (nSPS) is 11.8. The third-order valence-corrected chi connectivity index (χ3v) is 3.04. The van der Waals surface area contributed by atoms with Crippen LogP contribution in [0.25, 0.3) is 21.9 Å². The van der Waals surface area contributed by atoms with Gasteiger partial charge in [0.15, 0.2) is 0 Å². The highest BCUT2D eigenvalue weighted by atomic mass is 19.1. The Kier molecular flexibility index (Phi) is 2.41. The van der Waals surface area contributed by atoms with E-state index < -0.39 is 11.6 Å². The molecule has 19 heavy (non-hydrogen) atoms. The van der Waals surface area contributed by atoms with Crippen LogP contribution in [0.5, 0.6) is 0 Å². The Labute approximate surface area is 106 Å². The van der Waals surface area contributed by atoms with Crippen molar-refractivity contribution in [2.24, 2.45) is 0 Å². The second-order valence-corrected chi connectivity index (χ2v) is 4.76. The maximum atomic E-state index is 13.9. The monoisotopic (exact) mass is 263 g/mol. The number of fused-ring (bicyclic) bond motifs is 3. The van der Waals surface area contributed by atoms with Crippen LogP contribution >= 0.6 is 0 Å². The molecule has 0 spiro atoms. The molecule has 4 nitrogen and oxygen atoms in total. The minimum atomic E-state index is -0.728. The van der Waals surface area contributed by atoms with Crippen LogP contribution in [-0.4, -0.2) is 15.0 Å². The van der Waals surface area contributed by atoms with Gasteiger partial charge in [0, 0.05) is 12.0 Å². The number of H-pyrrole nitrogens is 2. The number of nitrogens with zero attached hydrogens (tertiary/aromatic N) is 1. The van der Waals surface area contributed by atoms with Crippen molar-refractivity contribution in [2.75, 3.05) is 0 Å². The Balaban J connectivity index is 2.53. The molecule has 0 bridgehead atoms. The number of nitrogens with one attached hydrogen (secondary N) is 2. The average Bonchev–Trinajstić information content (AvgIpc) is 2.67. The molecule has 0 amide bonds. The Morgan fingerprint density at radius 1 is 1.21 bits per heavy atom. The zero-order chi connectivity index (χ0) is 13.7. The van der Waals surface area contributed by atoms with Gasteiger partial charge in [-0.2, -0.15) is 0 Å². The summed E-state index contributed by atoms with van der Waals surface area (Å²) in [6.45, 7) is 3.74. The molecule has 98 valence electrons. The molecule has 3 rings (SSSR count). The van der Waals surface area contributed by atoms with Crippen molar-refractivity contribution in [3.63, 3.8) is 0 Å². The molecule has 0 saturated carbocycles. The molecule has 6 heteroatoms. The molecule has 0 aliphatic carbocycles. The quantitative estimate of drug-likeness (QED) is 0.709. The van der Waals surface area contributed by atoms with Crippen molar-refractivity contribution in [3.8, 4) is 0 Å². The van der Waals surface area contributed by atoms with E-state index in [0.29, 0.717) is 5.82 Å². The third kappa shape index (κ3) is 1.71. The maximum Gasteiger partial charge on any atom is 0.275 e. The molecule has 2 aromatic heterocycles. The summed E-state index contributed by atoms with van der Waals surface area (Å²) in [4.78, 5) is 21.5. The van der Waals surface area contributed by atoms with Crippen LogP contribution < -0.4 is 5.56 Å². The summed E-state index contributed by atoms with van der Waals surface area (Å²) in [5.41, 5.74) is 0.236. The number of hydrogen-bond acceptors (Lipinski definition) is 2. The lowest BCUT2D eigenvalue weighted by molar-refractivity contribution is 0.592.